The fraction of sp³-hybridized carbons (Fsp3) is 0.429. The topological polar surface area (TPSA) is 139 Å². The second-order valence-corrected chi connectivity index (χ2v) is 8.53. The fourth-order valence-corrected chi connectivity index (χ4v) is 4.92. The summed E-state index contributed by atoms with van der Waals surface area (Å²) in [5.74, 6) is 2.52. The van der Waals surface area contributed by atoms with E-state index in [2.05, 4.69) is 20.6 Å². The van der Waals surface area contributed by atoms with Crippen LogP contribution in [-0.2, 0) is 14.4 Å². The summed E-state index contributed by atoms with van der Waals surface area (Å²) in [6, 6.07) is 5.78. The van der Waals surface area contributed by atoms with E-state index in [4.69, 9.17) is 14.7 Å². The van der Waals surface area contributed by atoms with Gasteiger partial charge in [-0.15, -0.1) is 4.37 Å². The number of aromatic nitrogens is 2. The second-order valence-electron chi connectivity index (χ2n) is 8.00. The Labute approximate surface area is 192 Å². The van der Waals surface area contributed by atoms with Crippen molar-refractivity contribution < 1.29 is 43.5 Å². The first-order valence-corrected chi connectivity index (χ1v) is 10.9. The Morgan fingerprint density at radius 2 is 1.97 bits per heavy atom. The number of benzene rings is 1. The highest BCUT2D eigenvalue weighted by Crippen LogP contribution is 2.47. The molecule has 5 atom stereocenters. The van der Waals surface area contributed by atoms with Gasteiger partial charge in [0, 0.05) is 17.9 Å². The van der Waals surface area contributed by atoms with E-state index in [1.807, 2.05) is 0 Å². The molecule has 3 heterocycles. The number of rotatable bonds is 8. The quantitative estimate of drug-likeness (QED) is 0.373. The molecule has 2 aliphatic heterocycles. The summed E-state index contributed by atoms with van der Waals surface area (Å²) in [4.78, 5) is 28.3. The van der Waals surface area contributed by atoms with Gasteiger partial charge < -0.3 is 20.1 Å². The Morgan fingerprint density at radius 1 is 1.21 bits per heavy atom. The number of hydroxylamine groups is 3. The summed E-state index contributed by atoms with van der Waals surface area (Å²) in [5, 5.41) is 28.1. The first-order chi connectivity index (χ1) is 15.8. The SMILES string of the molecule is O=C(O)C(O)C(O[N+]12CCC(C1)C(c1nsnc1OCC#Cc1ccc(F)cc1)C2)C(=O)O. The predicted octanol–water partition coefficient (Wildman–Crippen LogP) is 0.872. The van der Waals surface area contributed by atoms with Crippen LogP contribution in [0, 0.1) is 23.6 Å². The molecule has 0 spiro atoms. The Hall–Kier alpha value is -3.11. The number of carbonyl (C=O) groups is 2. The number of carboxylic acids is 2. The third-order valence-electron chi connectivity index (χ3n) is 5.88. The molecule has 5 unspecified atom stereocenters. The number of nitrogens with zero attached hydrogens (tertiary/aromatic N) is 3. The molecule has 33 heavy (non-hydrogen) atoms. The number of quaternary nitrogens is 1. The predicted molar refractivity (Wildman–Crippen MR) is 111 cm³/mol. The first-order valence-electron chi connectivity index (χ1n) is 10.2. The Balaban J connectivity index is 1.42. The maximum Gasteiger partial charge on any atom is 0.342 e. The van der Waals surface area contributed by atoms with Crippen LogP contribution in [0.3, 0.4) is 0 Å². The number of aliphatic hydroxyl groups excluding tert-OH is 1. The van der Waals surface area contributed by atoms with Crippen LogP contribution in [0.2, 0.25) is 0 Å². The molecule has 4 rings (SSSR count). The molecular formula is C21H21FN3O7S+. The number of hydrogen-bond acceptors (Lipinski definition) is 8. The molecule has 2 saturated heterocycles. The highest BCUT2D eigenvalue weighted by molar-refractivity contribution is 6.99. The summed E-state index contributed by atoms with van der Waals surface area (Å²) < 4.78 is 27.1. The van der Waals surface area contributed by atoms with E-state index < -0.39 is 24.1 Å². The zero-order chi connectivity index (χ0) is 23.6. The number of piperidine rings is 1. The second kappa shape index (κ2) is 9.40. The van der Waals surface area contributed by atoms with E-state index in [1.165, 1.54) is 12.1 Å². The van der Waals surface area contributed by atoms with Crippen LogP contribution in [0.1, 0.15) is 23.6 Å². The molecule has 12 heteroatoms. The van der Waals surface area contributed by atoms with Crippen molar-refractivity contribution in [3.63, 3.8) is 0 Å². The van der Waals surface area contributed by atoms with Gasteiger partial charge in [0.1, 0.15) is 31.1 Å². The summed E-state index contributed by atoms with van der Waals surface area (Å²) in [6.45, 7) is 1.40. The Bertz CT molecular complexity index is 1100. The Kier molecular flexibility index (Phi) is 6.57. The highest BCUT2D eigenvalue weighted by Gasteiger charge is 2.57. The molecule has 1 aromatic carbocycles. The summed E-state index contributed by atoms with van der Waals surface area (Å²) in [6.07, 6.45) is -3.33. The molecule has 174 valence electrons. The van der Waals surface area contributed by atoms with Gasteiger partial charge in [0.2, 0.25) is 6.10 Å². The van der Waals surface area contributed by atoms with Crippen LogP contribution < -0.4 is 4.74 Å². The lowest BCUT2D eigenvalue weighted by molar-refractivity contribution is -1.10. The standard InChI is InChI=1S/C21H20FN3O7S/c22-14-5-3-12(4-6-14)2-1-9-31-19-16(23-33-24-19)15-11-25(8-7-13(15)10-25)32-18(21(29)30)17(26)20(27)28/h3-6,13,15,17-18,26H,7-11H2,(H-,27,28,29,30)/p+1. The molecule has 2 bridgehead atoms. The zero-order valence-electron chi connectivity index (χ0n) is 17.3. The van der Waals surface area contributed by atoms with Crippen molar-refractivity contribution in [2.45, 2.75) is 24.5 Å². The van der Waals surface area contributed by atoms with Crippen LogP contribution in [0.15, 0.2) is 24.3 Å². The first kappa shape index (κ1) is 23.1. The minimum Gasteiger partial charge on any atom is -0.479 e. The number of ether oxygens (including phenoxy) is 1. The van der Waals surface area contributed by atoms with Crippen LogP contribution in [0.25, 0.3) is 0 Å². The molecule has 10 nitrogen and oxygen atoms in total. The van der Waals surface area contributed by atoms with E-state index in [0.717, 1.165) is 18.1 Å². The Morgan fingerprint density at radius 3 is 2.67 bits per heavy atom. The third-order valence-corrected chi connectivity index (χ3v) is 6.41. The highest BCUT2D eigenvalue weighted by atomic mass is 32.1. The molecule has 0 saturated carbocycles. The van der Waals surface area contributed by atoms with Crippen molar-refractivity contribution in [3.05, 3.63) is 41.3 Å². The van der Waals surface area contributed by atoms with Crippen molar-refractivity contribution in [1.29, 1.82) is 0 Å². The van der Waals surface area contributed by atoms with Gasteiger partial charge in [-0.3, -0.25) is 0 Å². The number of hydrogen-bond donors (Lipinski definition) is 3. The van der Waals surface area contributed by atoms with Crippen molar-refractivity contribution in [2.24, 2.45) is 5.92 Å². The summed E-state index contributed by atoms with van der Waals surface area (Å²) in [7, 11) is 0. The minimum atomic E-state index is -2.17. The van der Waals surface area contributed by atoms with Crippen LogP contribution in [0.4, 0.5) is 4.39 Å². The van der Waals surface area contributed by atoms with Gasteiger partial charge in [-0.25, -0.2) is 14.0 Å². The smallest absolute Gasteiger partial charge is 0.342 e. The molecule has 3 N–H and O–H groups in total. The lowest BCUT2D eigenvalue weighted by Crippen LogP contribution is -2.54. The number of halogens is 1. The average Bonchev–Trinajstić information content (AvgIpc) is 3.50. The molecule has 2 aliphatic rings. The number of carboxylic acid groups (broad SMARTS) is 2. The van der Waals surface area contributed by atoms with E-state index in [-0.39, 0.29) is 28.9 Å². The zero-order valence-corrected chi connectivity index (χ0v) is 18.1. The van der Waals surface area contributed by atoms with Gasteiger partial charge >= 0.3 is 11.9 Å². The molecule has 0 radical (unpaired) electrons. The van der Waals surface area contributed by atoms with Crippen molar-refractivity contribution >= 4 is 23.7 Å². The lowest BCUT2D eigenvalue weighted by Gasteiger charge is -2.33. The molecule has 0 aliphatic carbocycles. The monoisotopic (exact) mass is 478 g/mol. The van der Waals surface area contributed by atoms with E-state index in [9.17, 15) is 24.2 Å². The van der Waals surface area contributed by atoms with Gasteiger partial charge in [-0.05, 0) is 24.3 Å². The van der Waals surface area contributed by atoms with Gasteiger partial charge in [0.15, 0.2) is 12.7 Å². The van der Waals surface area contributed by atoms with E-state index in [0.29, 0.717) is 36.8 Å². The maximum absolute atomic E-state index is 13.0. The van der Waals surface area contributed by atoms with Crippen LogP contribution >= 0.6 is 11.7 Å². The van der Waals surface area contributed by atoms with Gasteiger partial charge in [0.05, 0.1) is 17.6 Å². The maximum atomic E-state index is 13.0. The molecule has 2 aromatic rings. The van der Waals surface area contributed by atoms with Crippen LogP contribution in [0.5, 0.6) is 5.88 Å². The molecule has 1 aromatic heterocycles. The average molecular weight is 478 g/mol. The lowest BCUT2D eigenvalue weighted by atomic mass is 9.90. The molecule has 0 amide bonds. The van der Waals surface area contributed by atoms with Crippen molar-refractivity contribution in [3.8, 4) is 17.7 Å². The fourth-order valence-electron chi connectivity index (χ4n) is 4.36. The van der Waals surface area contributed by atoms with Gasteiger partial charge in [0.25, 0.3) is 5.88 Å². The number of aliphatic carboxylic acids is 2. The molecular weight excluding hydrogens is 457 g/mol. The van der Waals surface area contributed by atoms with Crippen LogP contribution in [-0.4, -0.2) is 79.1 Å². The van der Waals surface area contributed by atoms with Gasteiger partial charge in [-0.1, -0.05) is 11.8 Å². The summed E-state index contributed by atoms with van der Waals surface area (Å²) in [5.41, 5.74) is 1.28. The van der Waals surface area contributed by atoms with Crippen molar-refractivity contribution in [2.75, 3.05) is 26.2 Å². The number of fused-ring (bicyclic) bond motifs is 2. The normalized spacial score (nSPS) is 25.2. The summed E-state index contributed by atoms with van der Waals surface area (Å²) >= 11 is 0.989. The van der Waals surface area contributed by atoms with Gasteiger partial charge in [-0.2, -0.15) is 13.9 Å². The van der Waals surface area contributed by atoms with Crippen molar-refractivity contribution in [1.82, 2.24) is 8.75 Å². The third kappa shape index (κ3) is 4.96. The largest absolute Gasteiger partial charge is 0.479 e. The van der Waals surface area contributed by atoms with E-state index >= 15 is 0 Å². The molecule has 2 fully saturated rings. The van der Waals surface area contributed by atoms with E-state index in [1.54, 1.807) is 12.1 Å². The minimum absolute atomic E-state index is 0.0512. The number of aliphatic hydroxyl groups is 1.